The van der Waals surface area contributed by atoms with E-state index in [4.69, 9.17) is 14.7 Å². The Morgan fingerprint density at radius 3 is 2.73 bits per heavy atom. The second-order valence-corrected chi connectivity index (χ2v) is 9.17. The van der Waals surface area contributed by atoms with E-state index in [-0.39, 0.29) is 4.90 Å². The maximum absolute atomic E-state index is 11.8. The standard InChI is InChI=1S/C22H21N7O3S/c1-14-9-17(28-32-14)12-25-22-20-19(15-5-3-2-4-6-15)7-8-29(20)27-21(26-22)16-10-18(13-24-11-16)33(23,30)31/h2-11,13,21,27H,12H2,1H3,(H,25,26)(H2,23,30,31). The van der Waals surface area contributed by atoms with E-state index < -0.39 is 16.2 Å². The summed E-state index contributed by atoms with van der Waals surface area (Å²) in [6.45, 7) is 2.13. The molecule has 33 heavy (non-hydrogen) atoms. The number of benzene rings is 1. The summed E-state index contributed by atoms with van der Waals surface area (Å²) >= 11 is 0. The highest BCUT2D eigenvalue weighted by molar-refractivity contribution is 7.89. The zero-order valence-electron chi connectivity index (χ0n) is 17.6. The fraction of sp³-hybridized carbons (Fsp3) is 0.136. The van der Waals surface area contributed by atoms with Gasteiger partial charge in [0.15, 0.2) is 0 Å². The quantitative estimate of drug-likeness (QED) is 0.412. The van der Waals surface area contributed by atoms with Crippen molar-refractivity contribution in [1.82, 2.24) is 20.1 Å². The number of aryl methyl sites for hydroxylation is 1. The lowest BCUT2D eigenvalue weighted by Gasteiger charge is -2.31. The van der Waals surface area contributed by atoms with Crippen molar-refractivity contribution < 1.29 is 12.9 Å². The number of aromatic nitrogens is 3. The van der Waals surface area contributed by atoms with Crippen LogP contribution in [0, 0.1) is 6.92 Å². The summed E-state index contributed by atoms with van der Waals surface area (Å²) in [6, 6.07) is 15.3. The first kappa shape index (κ1) is 20.9. The Hall–Kier alpha value is -3.96. The average Bonchev–Trinajstić information content (AvgIpc) is 3.43. The van der Waals surface area contributed by atoms with E-state index in [0.29, 0.717) is 29.4 Å². The van der Waals surface area contributed by atoms with Gasteiger partial charge in [-0.2, -0.15) is 0 Å². The molecule has 5 rings (SSSR count). The van der Waals surface area contributed by atoms with Crippen molar-refractivity contribution in [1.29, 1.82) is 0 Å². The number of sulfonamides is 1. The third kappa shape index (κ3) is 4.23. The fourth-order valence-corrected chi connectivity index (χ4v) is 4.20. The van der Waals surface area contributed by atoms with Crippen molar-refractivity contribution >= 4 is 15.9 Å². The number of hydrogen-bond donors (Lipinski definition) is 3. The van der Waals surface area contributed by atoms with Gasteiger partial charge in [-0.3, -0.25) is 20.1 Å². The molecule has 1 aromatic carbocycles. The first-order valence-electron chi connectivity index (χ1n) is 10.1. The van der Waals surface area contributed by atoms with E-state index >= 15 is 0 Å². The Bertz CT molecular complexity index is 1440. The molecule has 10 nitrogen and oxygen atoms in total. The Kier molecular flexibility index (Phi) is 5.19. The van der Waals surface area contributed by atoms with Gasteiger partial charge in [0.2, 0.25) is 10.0 Å². The smallest absolute Gasteiger partial charge is 0.239 e. The number of fused-ring (bicyclic) bond motifs is 1. The van der Waals surface area contributed by atoms with Gasteiger partial charge in [-0.25, -0.2) is 13.6 Å². The average molecular weight is 464 g/mol. The number of nitrogens with two attached hydrogens (primary N) is 1. The molecule has 4 heterocycles. The highest BCUT2D eigenvalue weighted by Crippen LogP contribution is 2.29. The van der Waals surface area contributed by atoms with Crippen LogP contribution in [-0.2, 0) is 16.6 Å². The van der Waals surface area contributed by atoms with Crippen LogP contribution in [0.5, 0.6) is 0 Å². The van der Waals surface area contributed by atoms with E-state index in [9.17, 15) is 8.42 Å². The van der Waals surface area contributed by atoms with Crippen LogP contribution in [0.25, 0.3) is 11.1 Å². The second kappa shape index (κ2) is 8.19. The van der Waals surface area contributed by atoms with Gasteiger partial charge in [0, 0.05) is 35.8 Å². The molecule has 0 fully saturated rings. The molecule has 1 atom stereocenters. The first-order valence-corrected chi connectivity index (χ1v) is 11.7. The number of aliphatic imine (C=N–C) groups is 1. The molecule has 1 aliphatic rings. The molecular formula is C22H21N7O3S. The zero-order chi connectivity index (χ0) is 23.0. The summed E-state index contributed by atoms with van der Waals surface area (Å²) in [4.78, 5) is 8.75. The normalized spacial score (nSPS) is 16.8. The summed E-state index contributed by atoms with van der Waals surface area (Å²) in [5.41, 5.74) is 7.49. The van der Waals surface area contributed by atoms with E-state index in [1.807, 2.05) is 60.3 Å². The third-order valence-corrected chi connectivity index (χ3v) is 6.10. The van der Waals surface area contributed by atoms with Crippen LogP contribution in [0.15, 0.2) is 81.5 Å². The van der Waals surface area contributed by atoms with Crippen molar-refractivity contribution in [2.75, 3.05) is 5.43 Å². The molecule has 168 valence electrons. The van der Waals surface area contributed by atoms with Gasteiger partial charge < -0.3 is 9.84 Å². The highest BCUT2D eigenvalue weighted by Gasteiger charge is 2.27. The molecule has 4 N–H and O–H groups in total. The van der Waals surface area contributed by atoms with Gasteiger partial charge in [-0.05, 0) is 24.6 Å². The van der Waals surface area contributed by atoms with Crippen LogP contribution in [0.1, 0.15) is 28.9 Å². The van der Waals surface area contributed by atoms with E-state index in [0.717, 1.165) is 16.8 Å². The lowest BCUT2D eigenvalue weighted by atomic mass is 10.0. The van der Waals surface area contributed by atoms with Crippen molar-refractivity contribution in [3.05, 3.63) is 89.8 Å². The lowest BCUT2D eigenvalue weighted by Crippen LogP contribution is -2.45. The van der Waals surface area contributed by atoms with Crippen LogP contribution in [0.4, 0.5) is 0 Å². The van der Waals surface area contributed by atoms with Crippen molar-refractivity contribution in [2.24, 2.45) is 10.1 Å². The summed E-state index contributed by atoms with van der Waals surface area (Å²) < 4.78 is 30.6. The molecule has 3 aromatic heterocycles. The fourth-order valence-electron chi connectivity index (χ4n) is 3.69. The molecule has 11 heteroatoms. The second-order valence-electron chi connectivity index (χ2n) is 7.61. The Labute approximate surface area is 190 Å². The molecule has 0 amide bonds. The maximum Gasteiger partial charge on any atom is 0.239 e. The van der Waals surface area contributed by atoms with Crippen molar-refractivity contribution in [3.8, 4) is 11.1 Å². The van der Waals surface area contributed by atoms with Crippen molar-refractivity contribution in [3.63, 3.8) is 0 Å². The predicted octanol–water partition coefficient (Wildman–Crippen LogP) is 2.29. The highest BCUT2D eigenvalue weighted by atomic mass is 32.2. The molecule has 4 aromatic rings. The summed E-state index contributed by atoms with van der Waals surface area (Å²) in [5, 5.41) is 12.7. The largest absolute Gasteiger partial charge is 0.361 e. The van der Waals surface area contributed by atoms with E-state index in [2.05, 4.69) is 20.9 Å². The summed E-state index contributed by atoms with van der Waals surface area (Å²) in [7, 11) is -3.89. The Morgan fingerprint density at radius 1 is 1.18 bits per heavy atom. The van der Waals surface area contributed by atoms with E-state index in [1.165, 1.54) is 12.3 Å². The molecule has 0 bridgehead atoms. The number of rotatable bonds is 5. The SMILES string of the molecule is Cc1cc(CN=C2NC(c3cncc(S(N)(=O)=O)c3)Nn3ccc(-c4ccccc4)c32)no1. The van der Waals surface area contributed by atoms with Gasteiger partial charge >= 0.3 is 0 Å². The topological polar surface area (TPSA) is 140 Å². The summed E-state index contributed by atoms with van der Waals surface area (Å²) in [6.07, 6.45) is 4.20. The molecule has 0 saturated carbocycles. The molecule has 0 saturated heterocycles. The van der Waals surface area contributed by atoms with Gasteiger partial charge in [0.1, 0.15) is 34.0 Å². The molecule has 0 radical (unpaired) electrons. The van der Waals surface area contributed by atoms with Crippen LogP contribution in [-0.4, -0.2) is 29.1 Å². The summed E-state index contributed by atoms with van der Waals surface area (Å²) in [5.74, 6) is 1.32. The number of nitrogens with one attached hydrogen (secondary N) is 2. The van der Waals surface area contributed by atoms with Crippen LogP contribution < -0.4 is 15.9 Å². The number of pyridine rings is 1. The predicted molar refractivity (Wildman–Crippen MR) is 122 cm³/mol. The minimum Gasteiger partial charge on any atom is -0.361 e. The molecule has 1 aliphatic heterocycles. The number of nitrogens with zero attached hydrogens (tertiary/aromatic N) is 4. The van der Waals surface area contributed by atoms with Gasteiger partial charge in [-0.1, -0.05) is 35.5 Å². The van der Waals surface area contributed by atoms with Gasteiger partial charge in [0.25, 0.3) is 0 Å². The monoisotopic (exact) mass is 463 g/mol. The third-order valence-electron chi connectivity index (χ3n) is 5.22. The van der Waals surface area contributed by atoms with Crippen LogP contribution >= 0.6 is 0 Å². The molecule has 1 unspecified atom stereocenters. The van der Waals surface area contributed by atoms with Crippen LogP contribution in [0.3, 0.4) is 0 Å². The van der Waals surface area contributed by atoms with Crippen molar-refractivity contribution in [2.45, 2.75) is 24.5 Å². The van der Waals surface area contributed by atoms with Gasteiger partial charge in [0.05, 0.1) is 6.54 Å². The maximum atomic E-state index is 11.8. The lowest BCUT2D eigenvalue weighted by molar-refractivity contribution is 0.391. The Balaban J connectivity index is 1.57. The molecule has 0 aliphatic carbocycles. The Morgan fingerprint density at radius 2 is 2.00 bits per heavy atom. The zero-order valence-corrected chi connectivity index (χ0v) is 18.5. The van der Waals surface area contributed by atoms with Gasteiger partial charge in [-0.15, -0.1) is 0 Å². The minimum absolute atomic E-state index is 0.0663. The number of amidine groups is 1. The molecule has 0 spiro atoms. The number of primary sulfonamides is 1. The number of hydrogen-bond acceptors (Lipinski definition) is 7. The first-order chi connectivity index (χ1) is 15.9. The minimum atomic E-state index is -3.89. The molecular weight excluding hydrogens is 442 g/mol. The van der Waals surface area contributed by atoms with E-state index in [1.54, 1.807) is 6.20 Å². The van der Waals surface area contributed by atoms with Crippen LogP contribution in [0.2, 0.25) is 0 Å².